The predicted molar refractivity (Wildman–Crippen MR) is 67.0 cm³/mol. The molecule has 0 aliphatic rings. The highest BCUT2D eigenvalue weighted by Crippen LogP contribution is 2.29. The number of hydrogen-bond donors (Lipinski definition) is 1. The van der Waals surface area contributed by atoms with Gasteiger partial charge in [-0.1, -0.05) is 6.07 Å². The average Bonchev–Trinajstić information content (AvgIpc) is 2.71. The highest BCUT2D eigenvalue weighted by atomic mass is 79.9. The number of rotatable bonds is 1. The first-order valence-corrected chi connectivity index (χ1v) is 5.79. The first-order chi connectivity index (χ1) is 8.25. The van der Waals surface area contributed by atoms with Crippen LogP contribution >= 0.6 is 15.9 Å². The molecule has 0 saturated heterocycles. The smallest absolute Gasteiger partial charge is 0.142 e. The molecule has 1 N–H and O–H groups in total. The van der Waals surface area contributed by atoms with Crippen molar-refractivity contribution in [2.24, 2.45) is 0 Å². The van der Waals surface area contributed by atoms with E-state index in [9.17, 15) is 4.39 Å². The lowest BCUT2D eigenvalue weighted by molar-refractivity contribution is 0.629. The van der Waals surface area contributed by atoms with Gasteiger partial charge in [-0.25, -0.2) is 9.37 Å². The average molecular weight is 292 g/mol. The number of nitrogens with one attached hydrogen (secondary N) is 1. The van der Waals surface area contributed by atoms with Crippen molar-refractivity contribution in [2.45, 2.75) is 0 Å². The Bertz CT molecular complexity index is 640. The molecule has 1 aromatic carbocycles. The van der Waals surface area contributed by atoms with Gasteiger partial charge in [-0.15, -0.1) is 0 Å². The van der Waals surface area contributed by atoms with E-state index in [2.05, 4.69) is 30.9 Å². The summed E-state index contributed by atoms with van der Waals surface area (Å²) in [7, 11) is 0. The number of aromatic amines is 1. The van der Waals surface area contributed by atoms with E-state index in [-0.39, 0.29) is 5.82 Å². The minimum absolute atomic E-state index is 0.314. The van der Waals surface area contributed by atoms with Crippen LogP contribution < -0.4 is 0 Å². The first kappa shape index (κ1) is 10.4. The van der Waals surface area contributed by atoms with Gasteiger partial charge in [0.15, 0.2) is 0 Å². The lowest BCUT2D eigenvalue weighted by atomic mass is 10.2. The summed E-state index contributed by atoms with van der Waals surface area (Å²) < 4.78 is 14.4. The Labute approximate surface area is 105 Å². The van der Waals surface area contributed by atoms with Gasteiger partial charge in [0.25, 0.3) is 0 Å². The third-order valence-electron chi connectivity index (χ3n) is 2.48. The SMILES string of the molecule is Fc1cccc(Br)c1-c1nc2ccncc2[nH]1. The zero-order valence-corrected chi connectivity index (χ0v) is 10.2. The summed E-state index contributed by atoms with van der Waals surface area (Å²) in [6.45, 7) is 0. The van der Waals surface area contributed by atoms with Gasteiger partial charge in [-0.2, -0.15) is 0 Å². The standard InChI is InChI=1S/C12H7BrFN3/c13-7-2-1-3-8(14)11(7)12-16-9-4-5-15-6-10(9)17-12/h1-6H,(H,16,17). The van der Waals surface area contributed by atoms with Gasteiger partial charge in [-0.05, 0) is 34.1 Å². The van der Waals surface area contributed by atoms with Crippen LogP contribution in [0.4, 0.5) is 4.39 Å². The van der Waals surface area contributed by atoms with E-state index in [0.717, 1.165) is 11.0 Å². The van der Waals surface area contributed by atoms with Crippen LogP contribution in [0.15, 0.2) is 41.1 Å². The Morgan fingerprint density at radius 2 is 2.12 bits per heavy atom. The van der Waals surface area contributed by atoms with Crippen molar-refractivity contribution in [3.63, 3.8) is 0 Å². The highest BCUT2D eigenvalue weighted by molar-refractivity contribution is 9.10. The van der Waals surface area contributed by atoms with Crippen LogP contribution in [0.5, 0.6) is 0 Å². The molecule has 0 unspecified atom stereocenters. The van der Waals surface area contributed by atoms with E-state index >= 15 is 0 Å². The number of fused-ring (bicyclic) bond motifs is 1. The number of hydrogen-bond acceptors (Lipinski definition) is 2. The van der Waals surface area contributed by atoms with Crippen LogP contribution in [-0.2, 0) is 0 Å². The number of nitrogens with zero attached hydrogens (tertiary/aromatic N) is 2. The normalized spacial score (nSPS) is 10.9. The molecule has 2 heterocycles. The van der Waals surface area contributed by atoms with Crippen molar-refractivity contribution < 1.29 is 4.39 Å². The van der Waals surface area contributed by atoms with E-state index in [1.807, 2.05) is 0 Å². The number of imidazole rings is 1. The van der Waals surface area contributed by atoms with Crippen LogP contribution in [0.3, 0.4) is 0 Å². The Morgan fingerprint density at radius 1 is 1.24 bits per heavy atom. The minimum Gasteiger partial charge on any atom is -0.337 e. The summed E-state index contributed by atoms with van der Waals surface area (Å²) in [5, 5.41) is 0. The van der Waals surface area contributed by atoms with E-state index in [0.29, 0.717) is 15.9 Å². The van der Waals surface area contributed by atoms with Crippen molar-refractivity contribution in [2.75, 3.05) is 0 Å². The molecule has 3 aromatic rings. The fourth-order valence-corrected chi connectivity index (χ4v) is 2.23. The largest absolute Gasteiger partial charge is 0.337 e. The van der Waals surface area contributed by atoms with Gasteiger partial charge < -0.3 is 4.98 Å². The maximum Gasteiger partial charge on any atom is 0.142 e. The highest BCUT2D eigenvalue weighted by Gasteiger charge is 2.13. The van der Waals surface area contributed by atoms with Crippen LogP contribution in [0.2, 0.25) is 0 Å². The van der Waals surface area contributed by atoms with Crippen LogP contribution in [0.25, 0.3) is 22.4 Å². The van der Waals surface area contributed by atoms with Crippen LogP contribution in [0.1, 0.15) is 0 Å². The fraction of sp³-hybridized carbons (Fsp3) is 0. The molecular formula is C12H7BrFN3. The Hall–Kier alpha value is -1.75. The second-order valence-corrected chi connectivity index (χ2v) is 4.43. The molecular weight excluding hydrogens is 285 g/mol. The molecule has 2 aromatic heterocycles. The van der Waals surface area contributed by atoms with Crippen LogP contribution in [0, 0.1) is 5.82 Å². The molecule has 3 rings (SSSR count). The summed E-state index contributed by atoms with van der Waals surface area (Å²) >= 11 is 3.33. The summed E-state index contributed by atoms with van der Waals surface area (Å²) in [6.07, 6.45) is 3.32. The van der Waals surface area contributed by atoms with Crippen LogP contribution in [-0.4, -0.2) is 15.0 Å². The molecule has 17 heavy (non-hydrogen) atoms. The molecule has 0 amide bonds. The Morgan fingerprint density at radius 3 is 2.88 bits per heavy atom. The number of halogens is 2. The molecule has 0 saturated carbocycles. The minimum atomic E-state index is -0.314. The number of pyridine rings is 1. The summed E-state index contributed by atoms with van der Waals surface area (Å²) in [6, 6.07) is 6.62. The monoisotopic (exact) mass is 291 g/mol. The van der Waals surface area contributed by atoms with Gasteiger partial charge in [0.05, 0.1) is 22.8 Å². The Kier molecular flexibility index (Phi) is 2.40. The lowest BCUT2D eigenvalue weighted by Crippen LogP contribution is -1.87. The van der Waals surface area contributed by atoms with E-state index in [4.69, 9.17) is 0 Å². The molecule has 0 bridgehead atoms. The Balaban J connectivity index is 2.27. The lowest BCUT2D eigenvalue weighted by Gasteiger charge is -2.01. The molecule has 0 aliphatic carbocycles. The van der Waals surface area contributed by atoms with Crippen molar-refractivity contribution in [1.29, 1.82) is 0 Å². The van der Waals surface area contributed by atoms with Gasteiger partial charge in [0, 0.05) is 10.7 Å². The van der Waals surface area contributed by atoms with Crippen molar-refractivity contribution >= 4 is 27.0 Å². The number of H-pyrrole nitrogens is 1. The molecule has 0 spiro atoms. The molecule has 0 radical (unpaired) electrons. The number of aromatic nitrogens is 3. The third kappa shape index (κ3) is 1.72. The summed E-state index contributed by atoms with van der Waals surface area (Å²) in [5.74, 6) is 0.185. The topological polar surface area (TPSA) is 41.6 Å². The summed E-state index contributed by atoms with van der Waals surface area (Å²) in [5.41, 5.74) is 1.99. The molecule has 5 heteroatoms. The second-order valence-electron chi connectivity index (χ2n) is 3.57. The van der Waals surface area contributed by atoms with Gasteiger partial charge in [0.2, 0.25) is 0 Å². The van der Waals surface area contributed by atoms with Gasteiger partial charge >= 0.3 is 0 Å². The zero-order valence-electron chi connectivity index (χ0n) is 8.61. The maximum atomic E-state index is 13.8. The maximum absolute atomic E-state index is 13.8. The number of benzene rings is 1. The second kappa shape index (κ2) is 3.92. The molecule has 84 valence electrons. The van der Waals surface area contributed by atoms with E-state index in [1.54, 1.807) is 30.6 Å². The quantitative estimate of drug-likeness (QED) is 0.745. The van der Waals surface area contributed by atoms with E-state index in [1.165, 1.54) is 6.07 Å². The van der Waals surface area contributed by atoms with Gasteiger partial charge in [-0.3, -0.25) is 4.98 Å². The van der Waals surface area contributed by atoms with Gasteiger partial charge in [0.1, 0.15) is 11.6 Å². The van der Waals surface area contributed by atoms with Crippen molar-refractivity contribution in [3.05, 3.63) is 46.9 Å². The molecule has 3 nitrogen and oxygen atoms in total. The van der Waals surface area contributed by atoms with Crippen molar-refractivity contribution in [3.8, 4) is 11.4 Å². The molecule has 0 aliphatic heterocycles. The summed E-state index contributed by atoms with van der Waals surface area (Å²) in [4.78, 5) is 11.4. The first-order valence-electron chi connectivity index (χ1n) is 5.00. The van der Waals surface area contributed by atoms with E-state index < -0.39 is 0 Å². The third-order valence-corrected chi connectivity index (χ3v) is 3.14. The molecule has 0 fully saturated rings. The predicted octanol–water partition coefficient (Wildman–Crippen LogP) is 3.53. The zero-order chi connectivity index (χ0) is 11.8. The van der Waals surface area contributed by atoms with Crippen molar-refractivity contribution in [1.82, 2.24) is 15.0 Å². The molecule has 0 atom stereocenters. The fourth-order valence-electron chi connectivity index (χ4n) is 1.70.